The van der Waals surface area contributed by atoms with Crippen LogP contribution in [0, 0.1) is 11.8 Å². The first-order valence-electron chi connectivity index (χ1n) is 6.46. The van der Waals surface area contributed by atoms with E-state index in [-0.39, 0.29) is 0 Å². The summed E-state index contributed by atoms with van der Waals surface area (Å²) in [5.41, 5.74) is 1.38. The third kappa shape index (κ3) is 2.40. The highest BCUT2D eigenvalue weighted by molar-refractivity contribution is 5.27. The largest absolute Gasteiger partial charge is 0.490 e. The number of rotatable bonds is 3. The quantitative estimate of drug-likeness (QED) is 0.743. The molecule has 3 atom stereocenters. The highest BCUT2D eigenvalue weighted by Gasteiger charge is 2.31. The average Bonchev–Trinajstić information content (AvgIpc) is 2.62. The Hall–Kier alpha value is -0.980. The van der Waals surface area contributed by atoms with Crippen molar-refractivity contribution in [3.63, 3.8) is 0 Å². The van der Waals surface area contributed by atoms with E-state index in [0.29, 0.717) is 12.0 Å². The minimum atomic E-state index is 0.419. The van der Waals surface area contributed by atoms with E-state index in [1.54, 1.807) is 0 Å². The van der Waals surface area contributed by atoms with Gasteiger partial charge in [0, 0.05) is 0 Å². The third-order valence-corrected chi connectivity index (χ3v) is 4.01. The summed E-state index contributed by atoms with van der Waals surface area (Å²) in [5.74, 6) is 2.52. The van der Waals surface area contributed by atoms with Crippen LogP contribution in [0.2, 0.25) is 0 Å². The fourth-order valence-corrected chi connectivity index (χ4v) is 2.46. The zero-order valence-electron chi connectivity index (χ0n) is 10.6. The summed E-state index contributed by atoms with van der Waals surface area (Å²) < 4.78 is 6.06. The van der Waals surface area contributed by atoms with Crippen LogP contribution in [-0.4, -0.2) is 6.10 Å². The number of hydrogen-bond acceptors (Lipinski definition) is 1. The normalized spacial score (nSPS) is 29.3. The molecule has 0 N–H and O–H groups in total. The van der Waals surface area contributed by atoms with E-state index in [4.69, 9.17) is 4.74 Å². The van der Waals surface area contributed by atoms with Crippen LogP contribution in [0.3, 0.4) is 0 Å². The van der Waals surface area contributed by atoms with Crippen LogP contribution in [0.1, 0.15) is 39.2 Å². The first-order chi connectivity index (χ1) is 7.70. The van der Waals surface area contributed by atoms with Crippen molar-refractivity contribution in [2.24, 2.45) is 11.8 Å². The number of hydrogen-bond donors (Lipinski definition) is 0. The van der Waals surface area contributed by atoms with E-state index in [0.717, 1.165) is 18.1 Å². The van der Waals surface area contributed by atoms with E-state index in [1.807, 2.05) is 0 Å². The van der Waals surface area contributed by atoms with Crippen molar-refractivity contribution >= 4 is 0 Å². The second kappa shape index (κ2) is 4.90. The molecule has 0 aliphatic heterocycles. The lowest BCUT2D eigenvalue weighted by molar-refractivity contribution is 0.155. The van der Waals surface area contributed by atoms with Gasteiger partial charge in [0.1, 0.15) is 11.9 Å². The lowest BCUT2D eigenvalue weighted by Crippen LogP contribution is -2.21. The Bertz CT molecular complexity index is 328. The summed E-state index contributed by atoms with van der Waals surface area (Å²) in [6.45, 7) is 6.81. The molecule has 0 amide bonds. The van der Waals surface area contributed by atoms with Crippen LogP contribution in [0.15, 0.2) is 24.3 Å². The molecule has 16 heavy (non-hydrogen) atoms. The Balaban J connectivity index is 1.98. The number of benzene rings is 1. The van der Waals surface area contributed by atoms with Crippen molar-refractivity contribution in [2.45, 2.75) is 46.1 Å². The van der Waals surface area contributed by atoms with Crippen LogP contribution in [-0.2, 0) is 6.42 Å². The summed E-state index contributed by atoms with van der Waals surface area (Å²) in [4.78, 5) is 0. The van der Waals surface area contributed by atoms with Gasteiger partial charge in [-0.3, -0.25) is 0 Å². The summed E-state index contributed by atoms with van der Waals surface area (Å²) >= 11 is 0. The van der Waals surface area contributed by atoms with Gasteiger partial charge < -0.3 is 4.74 Å². The smallest absolute Gasteiger partial charge is 0.119 e. The van der Waals surface area contributed by atoms with Gasteiger partial charge in [0.2, 0.25) is 0 Å². The summed E-state index contributed by atoms with van der Waals surface area (Å²) in [6, 6.07) is 8.54. The topological polar surface area (TPSA) is 9.23 Å². The third-order valence-electron chi connectivity index (χ3n) is 4.01. The molecule has 1 nitrogen and oxygen atoms in total. The summed E-state index contributed by atoms with van der Waals surface area (Å²) in [6.07, 6.45) is 4.02. The van der Waals surface area contributed by atoms with E-state index in [2.05, 4.69) is 45.0 Å². The molecule has 1 aromatic rings. The molecule has 0 bridgehead atoms. The van der Waals surface area contributed by atoms with Crippen LogP contribution >= 0.6 is 0 Å². The van der Waals surface area contributed by atoms with E-state index in [1.165, 1.54) is 18.4 Å². The van der Waals surface area contributed by atoms with Gasteiger partial charge in [-0.1, -0.05) is 32.9 Å². The molecule has 1 fully saturated rings. The predicted molar refractivity (Wildman–Crippen MR) is 67.8 cm³/mol. The zero-order valence-corrected chi connectivity index (χ0v) is 10.6. The second-order valence-electron chi connectivity index (χ2n) is 5.07. The predicted octanol–water partition coefficient (Wildman–Crippen LogP) is 4.06. The van der Waals surface area contributed by atoms with Crippen LogP contribution in [0.5, 0.6) is 5.75 Å². The molecule has 0 saturated heterocycles. The molecule has 1 heteroatoms. The highest BCUT2D eigenvalue weighted by Crippen LogP contribution is 2.34. The second-order valence-corrected chi connectivity index (χ2v) is 5.07. The Morgan fingerprint density at radius 3 is 2.31 bits per heavy atom. The molecule has 1 saturated carbocycles. The highest BCUT2D eigenvalue weighted by atomic mass is 16.5. The monoisotopic (exact) mass is 218 g/mol. The van der Waals surface area contributed by atoms with E-state index in [9.17, 15) is 0 Å². The van der Waals surface area contributed by atoms with Gasteiger partial charge in [-0.2, -0.15) is 0 Å². The first-order valence-corrected chi connectivity index (χ1v) is 6.46. The van der Waals surface area contributed by atoms with Gasteiger partial charge >= 0.3 is 0 Å². The molecule has 0 aromatic heterocycles. The van der Waals surface area contributed by atoms with Gasteiger partial charge in [-0.05, 0) is 48.8 Å². The average molecular weight is 218 g/mol. The molecule has 2 rings (SSSR count). The Labute approximate surface area is 98.8 Å². The zero-order chi connectivity index (χ0) is 11.5. The molecular weight excluding hydrogens is 196 g/mol. The molecule has 1 aliphatic carbocycles. The minimum Gasteiger partial charge on any atom is -0.490 e. The van der Waals surface area contributed by atoms with Crippen LogP contribution in [0.25, 0.3) is 0 Å². The Morgan fingerprint density at radius 1 is 1.12 bits per heavy atom. The standard InChI is InChI=1S/C15H22O/c1-4-13-6-8-14(9-7-13)16-15-10-5-11(2)12(15)3/h6-9,11-12,15H,4-5,10H2,1-3H3. The molecule has 0 radical (unpaired) electrons. The summed E-state index contributed by atoms with van der Waals surface area (Å²) in [5, 5.41) is 0. The van der Waals surface area contributed by atoms with Gasteiger partial charge in [-0.15, -0.1) is 0 Å². The first kappa shape index (κ1) is 11.5. The lowest BCUT2D eigenvalue weighted by atomic mass is 9.99. The number of ether oxygens (including phenoxy) is 1. The van der Waals surface area contributed by atoms with Crippen molar-refractivity contribution in [3.8, 4) is 5.75 Å². The molecule has 3 unspecified atom stereocenters. The van der Waals surface area contributed by atoms with Gasteiger partial charge in [0.15, 0.2) is 0 Å². The molecule has 0 heterocycles. The maximum atomic E-state index is 6.06. The van der Waals surface area contributed by atoms with Crippen LogP contribution < -0.4 is 4.74 Å². The minimum absolute atomic E-state index is 0.419. The Kier molecular flexibility index (Phi) is 3.52. The molecule has 1 aliphatic rings. The molecular formula is C15H22O. The van der Waals surface area contributed by atoms with Crippen molar-refractivity contribution in [1.82, 2.24) is 0 Å². The van der Waals surface area contributed by atoms with Gasteiger partial charge in [0.25, 0.3) is 0 Å². The van der Waals surface area contributed by atoms with E-state index >= 15 is 0 Å². The maximum Gasteiger partial charge on any atom is 0.119 e. The molecule has 88 valence electrons. The van der Waals surface area contributed by atoms with Gasteiger partial charge in [0.05, 0.1) is 0 Å². The fourth-order valence-electron chi connectivity index (χ4n) is 2.46. The van der Waals surface area contributed by atoms with Crippen LogP contribution in [0.4, 0.5) is 0 Å². The lowest BCUT2D eigenvalue weighted by Gasteiger charge is -2.20. The fraction of sp³-hybridized carbons (Fsp3) is 0.600. The Morgan fingerprint density at radius 2 is 1.81 bits per heavy atom. The molecule has 1 aromatic carbocycles. The van der Waals surface area contributed by atoms with E-state index < -0.39 is 0 Å². The van der Waals surface area contributed by atoms with Gasteiger partial charge in [-0.25, -0.2) is 0 Å². The van der Waals surface area contributed by atoms with Crippen molar-refractivity contribution in [3.05, 3.63) is 29.8 Å². The maximum absolute atomic E-state index is 6.06. The SMILES string of the molecule is CCc1ccc(OC2CCC(C)C2C)cc1. The summed E-state index contributed by atoms with van der Waals surface area (Å²) in [7, 11) is 0. The van der Waals surface area contributed by atoms with Crippen molar-refractivity contribution in [2.75, 3.05) is 0 Å². The van der Waals surface area contributed by atoms with Crippen molar-refractivity contribution < 1.29 is 4.74 Å². The molecule has 0 spiro atoms. The number of aryl methyl sites for hydroxylation is 1. The van der Waals surface area contributed by atoms with Crippen molar-refractivity contribution in [1.29, 1.82) is 0 Å².